The number of benzene rings is 1. The van der Waals surface area contributed by atoms with Crippen LogP contribution in [0.15, 0.2) is 40.7 Å². The van der Waals surface area contributed by atoms with Gasteiger partial charge >= 0.3 is 0 Å². The smallest absolute Gasteiger partial charge is 0.181 e. The molecule has 0 N–H and O–H groups in total. The number of hydrogen-bond acceptors (Lipinski definition) is 6. The lowest BCUT2D eigenvalue weighted by atomic mass is 10.2. The molecule has 0 spiro atoms. The van der Waals surface area contributed by atoms with Gasteiger partial charge in [-0.25, -0.2) is 4.68 Å². The van der Waals surface area contributed by atoms with Gasteiger partial charge < -0.3 is 0 Å². The van der Waals surface area contributed by atoms with Gasteiger partial charge in [0.25, 0.3) is 0 Å². The largest absolute Gasteiger partial charge is 0.297 e. The van der Waals surface area contributed by atoms with Crippen molar-refractivity contribution in [1.82, 2.24) is 19.6 Å². The summed E-state index contributed by atoms with van der Waals surface area (Å²) < 4.78 is 3.87. The van der Waals surface area contributed by atoms with E-state index in [9.17, 15) is 0 Å². The Morgan fingerprint density at radius 3 is 2.54 bits per heavy atom. The molecule has 0 aliphatic carbocycles. The van der Waals surface area contributed by atoms with Crippen molar-refractivity contribution in [3.05, 3.63) is 45.9 Å². The van der Waals surface area contributed by atoms with Crippen LogP contribution in [-0.4, -0.2) is 58.6 Å². The quantitative estimate of drug-likeness (QED) is 0.564. The third-order valence-electron chi connectivity index (χ3n) is 4.03. The van der Waals surface area contributed by atoms with Gasteiger partial charge in [0.2, 0.25) is 0 Å². The van der Waals surface area contributed by atoms with Crippen LogP contribution >= 0.6 is 35.3 Å². The number of rotatable bonds is 6. The van der Waals surface area contributed by atoms with Crippen molar-refractivity contribution in [3.8, 4) is 0 Å². The zero-order valence-electron chi connectivity index (χ0n) is 13.8. The Morgan fingerprint density at radius 1 is 1.17 bits per heavy atom. The van der Waals surface area contributed by atoms with Crippen molar-refractivity contribution in [3.63, 3.8) is 0 Å². The fourth-order valence-electron chi connectivity index (χ4n) is 2.66. The lowest BCUT2D eigenvalue weighted by Gasteiger charge is -2.33. The first-order valence-corrected chi connectivity index (χ1v) is 10.5. The van der Waals surface area contributed by atoms with E-state index in [4.69, 9.17) is 12.2 Å². The molecule has 1 aliphatic heterocycles. The molecule has 0 unspecified atom stereocenters. The summed E-state index contributed by atoms with van der Waals surface area (Å²) in [6.45, 7) is 6.12. The van der Waals surface area contributed by atoms with Crippen molar-refractivity contribution in [2.45, 2.75) is 11.0 Å². The monoisotopic (exact) mass is 378 g/mol. The van der Waals surface area contributed by atoms with E-state index in [1.54, 1.807) is 23.1 Å². The maximum Gasteiger partial charge on any atom is 0.181 e. The summed E-state index contributed by atoms with van der Waals surface area (Å²) in [6, 6.07) is 10.5. The Bertz CT molecular complexity index is 715. The Kier molecular flexibility index (Phi) is 6.62. The van der Waals surface area contributed by atoms with Crippen molar-refractivity contribution in [1.29, 1.82) is 0 Å². The molecule has 1 aromatic heterocycles. The van der Waals surface area contributed by atoms with Crippen LogP contribution in [0.4, 0.5) is 0 Å². The van der Waals surface area contributed by atoms with Gasteiger partial charge in [-0.3, -0.25) is 9.80 Å². The van der Waals surface area contributed by atoms with Crippen molar-refractivity contribution in [2.75, 3.05) is 39.0 Å². The van der Waals surface area contributed by atoms with Gasteiger partial charge in [0, 0.05) is 32.7 Å². The van der Waals surface area contributed by atoms with Crippen molar-refractivity contribution >= 4 is 41.4 Å². The number of hydrogen-bond donors (Lipinski definition) is 0. The molecule has 3 rings (SSSR count). The second-order valence-corrected chi connectivity index (χ2v) is 8.39. The van der Waals surface area contributed by atoms with Crippen LogP contribution in [0.1, 0.15) is 5.56 Å². The minimum atomic E-state index is 0.809. The van der Waals surface area contributed by atoms with E-state index in [2.05, 4.69) is 51.3 Å². The number of piperazine rings is 1. The highest BCUT2D eigenvalue weighted by Crippen LogP contribution is 2.19. The molecule has 2 heterocycles. The second kappa shape index (κ2) is 8.92. The highest BCUT2D eigenvalue weighted by atomic mass is 32.2. The first-order valence-electron chi connectivity index (χ1n) is 8.03. The van der Waals surface area contributed by atoms with Gasteiger partial charge in [-0.15, -0.1) is 0 Å². The van der Waals surface area contributed by atoms with Crippen LogP contribution in [0, 0.1) is 3.95 Å². The minimum absolute atomic E-state index is 0.809. The summed E-state index contributed by atoms with van der Waals surface area (Å²) in [4.78, 5) is 4.92. The van der Waals surface area contributed by atoms with Crippen LogP contribution in [-0.2, 0) is 6.67 Å². The molecule has 0 amide bonds. The fraction of sp³-hybridized carbons (Fsp3) is 0.412. The van der Waals surface area contributed by atoms with Crippen LogP contribution in [0.25, 0.3) is 6.08 Å². The average Bonchev–Trinajstić information content (AvgIpc) is 2.97. The number of aromatic nitrogens is 2. The Morgan fingerprint density at radius 2 is 1.88 bits per heavy atom. The van der Waals surface area contributed by atoms with E-state index in [1.807, 2.05) is 17.0 Å². The second-order valence-electron chi connectivity index (χ2n) is 5.71. The zero-order chi connectivity index (χ0) is 16.8. The number of thioether (sulfide) groups is 1. The molecule has 0 bridgehead atoms. The van der Waals surface area contributed by atoms with Crippen molar-refractivity contribution < 1.29 is 0 Å². The van der Waals surface area contributed by atoms with Crippen molar-refractivity contribution in [2.24, 2.45) is 0 Å². The maximum atomic E-state index is 5.39. The predicted molar refractivity (Wildman–Crippen MR) is 106 cm³/mol. The summed E-state index contributed by atoms with van der Waals surface area (Å²) in [6.07, 6.45) is 6.50. The summed E-state index contributed by atoms with van der Waals surface area (Å²) in [5.41, 5.74) is 1.26. The van der Waals surface area contributed by atoms with E-state index in [-0.39, 0.29) is 0 Å². The summed E-state index contributed by atoms with van der Waals surface area (Å²) in [5.74, 6) is 0. The third kappa shape index (κ3) is 5.00. The first kappa shape index (κ1) is 17.8. The predicted octanol–water partition coefficient (Wildman–Crippen LogP) is 3.68. The summed E-state index contributed by atoms with van der Waals surface area (Å²) in [7, 11) is 0. The molecular weight excluding hydrogens is 356 g/mol. The summed E-state index contributed by atoms with van der Waals surface area (Å²) in [5, 5.41) is 4.55. The van der Waals surface area contributed by atoms with E-state index in [1.165, 1.54) is 5.56 Å². The SMILES string of the molecule is CSc1nn(CN2CCN(C/C=C/c3ccccc3)CC2)c(=S)s1. The molecule has 0 atom stereocenters. The molecule has 1 aliphatic rings. The molecule has 7 heteroatoms. The van der Waals surface area contributed by atoms with Gasteiger partial charge in [0.05, 0.1) is 6.67 Å². The molecule has 1 saturated heterocycles. The van der Waals surface area contributed by atoms with E-state index in [0.717, 1.165) is 47.7 Å². The Balaban J connectivity index is 1.44. The van der Waals surface area contributed by atoms with Gasteiger partial charge in [-0.2, -0.15) is 5.10 Å². The lowest BCUT2D eigenvalue weighted by molar-refractivity contribution is 0.110. The van der Waals surface area contributed by atoms with E-state index >= 15 is 0 Å². The highest BCUT2D eigenvalue weighted by Gasteiger charge is 2.17. The van der Waals surface area contributed by atoms with Crippen LogP contribution in [0.5, 0.6) is 0 Å². The number of nitrogens with zero attached hydrogens (tertiary/aromatic N) is 4. The van der Waals surface area contributed by atoms with Crippen LogP contribution in [0.2, 0.25) is 0 Å². The molecule has 4 nitrogen and oxygen atoms in total. The first-order chi connectivity index (χ1) is 11.7. The molecular formula is C17H22N4S3. The normalized spacial score (nSPS) is 16.9. The van der Waals surface area contributed by atoms with E-state index < -0.39 is 0 Å². The molecule has 24 heavy (non-hydrogen) atoms. The topological polar surface area (TPSA) is 24.3 Å². The summed E-state index contributed by atoms with van der Waals surface area (Å²) >= 11 is 8.65. The van der Waals surface area contributed by atoms with Gasteiger partial charge in [-0.1, -0.05) is 65.6 Å². The molecule has 1 aromatic carbocycles. The highest BCUT2D eigenvalue weighted by molar-refractivity contribution is 8.00. The lowest BCUT2D eigenvalue weighted by Crippen LogP contribution is -2.46. The maximum absolute atomic E-state index is 5.39. The van der Waals surface area contributed by atoms with Crippen LogP contribution < -0.4 is 0 Å². The van der Waals surface area contributed by atoms with Gasteiger partial charge in [0.15, 0.2) is 8.29 Å². The minimum Gasteiger partial charge on any atom is -0.297 e. The molecule has 1 fully saturated rings. The Labute approximate surface area is 156 Å². The Hall–Kier alpha value is -0.990. The molecule has 128 valence electrons. The molecule has 0 radical (unpaired) electrons. The molecule has 0 saturated carbocycles. The third-order valence-corrected chi connectivity index (χ3v) is 6.32. The van der Waals surface area contributed by atoms with Gasteiger partial charge in [-0.05, 0) is 24.0 Å². The van der Waals surface area contributed by atoms with Gasteiger partial charge in [0.1, 0.15) is 0 Å². The van der Waals surface area contributed by atoms with Crippen LogP contribution in [0.3, 0.4) is 0 Å². The standard InChI is InChI=1S/C17H22N4S3/c1-23-16-18-21(17(22)24-16)14-20-12-10-19(11-13-20)9-5-8-15-6-3-2-4-7-15/h2-8H,9-14H2,1H3/b8-5+. The fourth-order valence-corrected chi connectivity index (χ4v) is 4.40. The van der Waals surface area contributed by atoms with E-state index in [0.29, 0.717) is 0 Å². The zero-order valence-corrected chi connectivity index (χ0v) is 16.2. The molecule has 2 aromatic rings. The average molecular weight is 379 g/mol.